The fourth-order valence-electron chi connectivity index (χ4n) is 1.76. The van der Waals surface area contributed by atoms with Crippen molar-refractivity contribution >= 4 is 45.6 Å². The highest BCUT2D eigenvalue weighted by atomic mass is 79.9. The molecule has 0 unspecified atom stereocenters. The van der Waals surface area contributed by atoms with Gasteiger partial charge in [-0.15, -0.1) is 0 Å². The molecule has 24 heavy (non-hydrogen) atoms. The van der Waals surface area contributed by atoms with Crippen molar-refractivity contribution in [3.63, 3.8) is 0 Å². The zero-order valence-corrected chi connectivity index (χ0v) is 13.8. The molecule has 0 radical (unpaired) electrons. The van der Waals surface area contributed by atoms with Crippen molar-refractivity contribution in [3.8, 4) is 0 Å². The van der Waals surface area contributed by atoms with Gasteiger partial charge in [-0.25, -0.2) is 10.2 Å². The van der Waals surface area contributed by atoms with E-state index in [0.717, 1.165) is 6.21 Å². The van der Waals surface area contributed by atoms with Crippen LogP contribution in [0.2, 0.25) is 0 Å². The van der Waals surface area contributed by atoms with E-state index < -0.39 is 17.8 Å². The lowest BCUT2D eigenvalue weighted by molar-refractivity contribution is -0.136. The van der Waals surface area contributed by atoms with E-state index in [9.17, 15) is 14.4 Å². The first-order chi connectivity index (χ1) is 11.5. The third-order valence-corrected chi connectivity index (χ3v) is 3.58. The van der Waals surface area contributed by atoms with Gasteiger partial charge < -0.3 is 10.4 Å². The Hall–Kier alpha value is -3.00. The third kappa shape index (κ3) is 4.50. The zero-order valence-electron chi connectivity index (χ0n) is 12.2. The Balaban J connectivity index is 1.99. The van der Waals surface area contributed by atoms with Crippen molar-refractivity contribution in [2.75, 3.05) is 5.32 Å². The molecule has 0 aliphatic carbocycles. The number of carbonyl (C=O) groups excluding carboxylic acids is 2. The molecule has 0 bridgehead atoms. The molecule has 2 amide bonds. The van der Waals surface area contributed by atoms with Gasteiger partial charge in [0.25, 0.3) is 0 Å². The molecule has 0 atom stereocenters. The number of hydrogen-bond donors (Lipinski definition) is 3. The van der Waals surface area contributed by atoms with Crippen LogP contribution in [0.3, 0.4) is 0 Å². The molecular weight excluding hydrogens is 378 g/mol. The molecule has 122 valence electrons. The maximum Gasteiger partial charge on any atom is 0.336 e. The van der Waals surface area contributed by atoms with Crippen LogP contribution in [0.4, 0.5) is 5.69 Å². The highest BCUT2D eigenvalue weighted by molar-refractivity contribution is 9.10. The Morgan fingerprint density at radius 1 is 1.00 bits per heavy atom. The Bertz CT molecular complexity index is 820. The first-order valence-corrected chi connectivity index (χ1v) is 7.49. The zero-order chi connectivity index (χ0) is 17.5. The molecule has 0 aliphatic rings. The Kier molecular flexibility index (Phi) is 5.80. The molecule has 7 nitrogen and oxygen atoms in total. The maximum absolute atomic E-state index is 11.8. The monoisotopic (exact) mass is 389 g/mol. The van der Waals surface area contributed by atoms with Crippen molar-refractivity contribution in [2.24, 2.45) is 5.10 Å². The number of hydrazone groups is 1. The molecule has 0 spiro atoms. The minimum absolute atomic E-state index is 0.0353. The standard InChI is InChI=1S/C16H12BrN3O4/c17-12-7-3-4-8-13(12)19-14(21)15(22)20-18-9-10-5-1-2-6-11(10)16(23)24/h1-9H,(H,19,21)(H,20,22)(H,23,24)/b18-9+. The average Bonchev–Trinajstić information content (AvgIpc) is 2.57. The number of amides is 2. The summed E-state index contributed by atoms with van der Waals surface area (Å²) < 4.78 is 0.630. The number of aromatic carboxylic acids is 1. The van der Waals surface area contributed by atoms with Gasteiger partial charge in [0, 0.05) is 10.0 Å². The summed E-state index contributed by atoms with van der Waals surface area (Å²) in [6.07, 6.45) is 1.16. The Labute approximate surface area is 145 Å². The molecule has 0 saturated carbocycles. The molecule has 0 heterocycles. The van der Waals surface area contributed by atoms with Crippen LogP contribution in [-0.4, -0.2) is 29.1 Å². The van der Waals surface area contributed by atoms with Crippen molar-refractivity contribution in [2.45, 2.75) is 0 Å². The number of hydrogen-bond acceptors (Lipinski definition) is 4. The van der Waals surface area contributed by atoms with E-state index in [4.69, 9.17) is 5.11 Å². The predicted octanol–water partition coefficient (Wildman–Crippen LogP) is 2.24. The first-order valence-electron chi connectivity index (χ1n) is 6.70. The van der Waals surface area contributed by atoms with E-state index in [1.165, 1.54) is 12.1 Å². The molecule has 0 saturated heterocycles. The topological polar surface area (TPSA) is 108 Å². The summed E-state index contributed by atoms with van der Waals surface area (Å²) >= 11 is 3.25. The van der Waals surface area contributed by atoms with Gasteiger partial charge in [-0.1, -0.05) is 30.3 Å². The Morgan fingerprint density at radius 2 is 1.67 bits per heavy atom. The molecule has 2 aromatic rings. The Morgan fingerprint density at radius 3 is 2.38 bits per heavy atom. The fourth-order valence-corrected chi connectivity index (χ4v) is 2.14. The molecular formula is C16H12BrN3O4. The molecule has 8 heteroatoms. The quantitative estimate of drug-likeness (QED) is 0.423. The van der Waals surface area contributed by atoms with E-state index in [0.29, 0.717) is 15.7 Å². The van der Waals surface area contributed by atoms with Gasteiger partial charge in [0.05, 0.1) is 17.5 Å². The number of anilines is 1. The molecule has 0 aliphatic heterocycles. The number of benzene rings is 2. The summed E-state index contributed by atoms with van der Waals surface area (Å²) in [4.78, 5) is 34.5. The lowest BCUT2D eigenvalue weighted by Gasteiger charge is -2.05. The summed E-state index contributed by atoms with van der Waals surface area (Å²) in [6.45, 7) is 0. The average molecular weight is 390 g/mol. The molecule has 0 aromatic heterocycles. The summed E-state index contributed by atoms with van der Waals surface area (Å²) in [5.74, 6) is -2.99. The number of nitrogens with zero attached hydrogens (tertiary/aromatic N) is 1. The van der Waals surface area contributed by atoms with Crippen molar-refractivity contribution < 1.29 is 19.5 Å². The van der Waals surface area contributed by atoms with Gasteiger partial charge in [-0.3, -0.25) is 9.59 Å². The second-order valence-electron chi connectivity index (χ2n) is 4.53. The summed E-state index contributed by atoms with van der Waals surface area (Å²) in [6, 6.07) is 13.0. The summed E-state index contributed by atoms with van der Waals surface area (Å²) in [7, 11) is 0. The number of para-hydroxylation sites is 1. The van der Waals surface area contributed by atoms with Crippen LogP contribution < -0.4 is 10.7 Å². The lowest BCUT2D eigenvalue weighted by atomic mass is 10.1. The smallest absolute Gasteiger partial charge is 0.336 e. The number of carbonyl (C=O) groups is 3. The lowest BCUT2D eigenvalue weighted by Crippen LogP contribution is -2.32. The number of rotatable bonds is 4. The molecule has 2 rings (SSSR count). The van der Waals surface area contributed by atoms with E-state index in [2.05, 4.69) is 26.3 Å². The van der Waals surface area contributed by atoms with E-state index >= 15 is 0 Å². The van der Waals surface area contributed by atoms with Gasteiger partial charge in [0.2, 0.25) is 0 Å². The summed E-state index contributed by atoms with van der Waals surface area (Å²) in [5.41, 5.74) is 2.83. The number of halogens is 1. The highest BCUT2D eigenvalue weighted by Gasteiger charge is 2.14. The summed E-state index contributed by atoms with van der Waals surface area (Å²) in [5, 5.41) is 15.1. The molecule has 0 fully saturated rings. The predicted molar refractivity (Wildman–Crippen MR) is 91.9 cm³/mol. The number of carboxylic acids is 1. The number of carboxylic acid groups (broad SMARTS) is 1. The second kappa shape index (κ2) is 8.02. The van der Waals surface area contributed by atoms with Crippen LogP contribution in [0.5, 0.6) is 0 Å². The van der Waals surface area contributed by atoms with E-state index in [-0.39, 0.29) is 5.56 Å². The minimum atomic E-state index is -1.12. The normalized spacial score (nSPS) is 10.4. The van der Waals surface area contributed by atoms with Gasteiger partial charge in [-0.05, 0) is 34.1 Å². The third-order valence-electron chi connectivity index (χ3n) is 2.89. The van der Waals surface area contributed by atoms with Gasteiger partial charge in [0.15, 0.2) is 0 Å². The largest absolute Gasteiger partial charge is 0.478 e. The van der Waals surface area contributed by atoms with Crippen LogP contribution >= 0.6 is 15.9 Å². The fraction of sp³-hybridized carbons (Fsp3) is 0. The van der Waals surface area contributed by atoms with Crippen LogP contribution in [0, 0.1) is 0 Å². The highest BCUT2D eigenvalue weighted by Crippen LogP contribution is 2.20. The van der Waals surface area contributed by atoms with Crippen LogP contribution in [0.25, 0.3) is 0 Å². The van der Waals surface area contributed by atoms with Crippen molar-refractivity contribution in [1.29, 1.82) is 0 Å². The molecule has 2 aromatic carbocycles. The van der Waals surface area contributed by atoms with Crippen LogP contribution in [0.1, 0.15) is 15.9 Å². The van der Waals surface area contributed by atoms with Gasteiger partial charge >= 0.3 is 17.8 Å². The van der Waals surface area contributed by atoms with E-state index in [1.807, 2.05) is 5.43 Å². The SMILES string of the molecule is O=C(N/N=C/c1ccccc1C(=O)O)C(=O)Nc1ccccc1Br. The second-order valence-corrected chi connectivity index (χ2v) is 5.38. The van der Waals surface area contributed by atoms with Crippen LogP contribution in [-0.2, 0) is 9.59 Å². The molecule has 3 N–H and O–H groups in total. The van der Waals surface area contributed by atoms with Crippen molar-refractivity contribution in [3.05, 3.63) is 64.1 Å². The van der Waals surface area contributed by atoms with Crippen molar-refractivity contribution in [1.82, 2.24) is 5.43 Å². The maximum atomic E-state index is 11.8. The first kappa shape index (κ1) is 17.4. The minimum Gasteiger partial charge on any atom is -0.478 e. The number of nitrogens with one attached hydrogen (secondary N) is 2. The van der Waals surface area contributed by atoms with Crippen LogP contribution in [0.15, 0.2) is 58.1 Å². The van der Waals surface area contributed by atoms with Gasteiger partial charge in [-0.2, -0.15) is 5.10 Å². The van der Waals surface area contributed by atoms with Gasteiger partial charge in [0.1, 0.15) is 0 Å². The van der Waals surface area contributed by atoms with E-state index in [1.54, 1.807) is 36.4 Å².